The summed E-state index contributed by atoms with van der Waals surface area (Å²) in [4.78, 5) is 48.3. The summed E-state index contributed by atoms with van der Waals surface area (Å²) in [5, 5.41) is 26.9. The first kappa shape index (κ1) is 23.9. The smallest absolute Gasteiger partial charge is 0.341 e. The Hall–Kier alpha value is -3.80. The number of nitro benzene ring substituents is 1. The van der Waals surface area contributed by atoms with E-state index < -0.39 is 22.7 Å². The van der Waals surface area contributed by atoms with Crippen LogP contribution in [0.2, 0.25) is 0 Å². The molecule has 11 nitrogen and oxygen atoms in total. The molecule has 174 valence electrons. The number of hydrogen-bond acceptors (Lipinski definition) is 9. The summed E-state index contributed by atoms with van der Waals surface area (Å²) in [7, 11) is 0. The maximum Gasteiger partial charge on any atom is 0.341 e. The third kappa shape index (κ3) is 5.52. The van der Waals surface area contributed by atoms with Gasteiger partial charge in [0, 0.05) is 22.6 Å². The van der Waals surface area contributed by atoms with Crippen LogP contribution >= 0.6 is 11.3 Å². The van der Waals surface area contributed by atoms with E-state index in [-0.39, 0.29) is 34.2 Å². The number of thiophene rings is 1. The first-order chi connectivity index (χ1) is 15.7. The number of anilines is 1. The van der Waals surface area contributed by atoms with Crippen LogP contribution in [0.1, 0.15) is 46.6 Å². The fraction of sp³-hybridized carbons (Fsp3) is 0.333. The topological polar surface area (TPSA) is 160 Å². The summed E-state index contributed by atoms with van der Waals surface area (Å²) < 4.78 is 5.13. The fourth-order valence-electron chi connectivity index (χ4n) is 3.39. The second-order valence-electron chi connectivity index (χ2n) is 7.43. The number of phenolic OH excluding ortho intramolecular Hbond substituents is 1. The standard InChI is InChI=1S/C21H22N4O7S/c1-3-32-21(29)17-14-6-4-11(2)8-16(14)33-20(17)23-18(27)19(28)24-22-10-12-9-13(25(30)31)5-7-15(12)26/h5,7,9-11,26H,3-4,6,8H2,1-2H3,(H,23,27)(H,24,28). The average Bonchev–Trinajstić information content (AvgIpc) is 3.11. The maximum absolute atomic E-state index is 12.5. The van der Waals surface area contributed by atoms with Crippen LogP contribution < -0.4 is 10.7 Å². The van der Waals surface area contributed by atoms with Crippen LogP contribution in [0, 0.1) is 16.0 Å². The second kappa shape index (κ2) is 10.2. The summed E-state index contributed by atoms with van der Waals surface area (Å²) in [5.41, 5.74) is 2.81. The fourth-order valence-corrected chi connectivity index (χ4v) is 4.78. The lowest BCUT2D eigenvalue weighted by Crippen LogP contribution is -2.32. The van der Waals surface area contributed by atoms with E-state index >= 15 is 0 Å². The molecule has 0 spiro atoms. The van der Waals surface area contributed by atoms with E-state index in [1.165, 1.54) is 11.3 Å². The predicted molar refractivity (Wildman–Crippen MR) is 121 cm³/mol. The highest BCUT2D eigenvalue weighted by molar-refractivity contribution is 7.17. The van der Waals surface area contributed by atoms with Crippen LogP contribution in [0.3, 0.4) is 0 Å². The van der Waals surface area contributed by atoms with Gasteiger partial charge in [0.1, 0.15) is 10.8 Å². The molecule has 1 aliphatic carbocycles. The highest BCUT2D eigenvalue weighted by Crippen LogP contribution is 2.40. The van der Waals surface area contributed by atoms with Crippen molar-refractivity contribution in [3.05, 3.63) is 49.9 Å². The summed E-state index contributed by atoms with van der Waals surface area (Å²) in [6.45, 7) is 3.96. The maximum atomic E-state index is 12.5. The van der Waals surface area contributed by atoms with Crippen LogP contribution in [0.4, 0.5) is 10.7 Å². The van der Waals surface area contributed by atoms with Gasteiger partial charge in [-0.1, -0.05) is 6.92 Å². The molecule has 1 atom stereocenters. The number of nitro groups is 1. The number of ether oxygens (including phenoxy) is 1. The molecule has 33 heavy (non-hydrogen) atoms. The molecule has 3 N–H and O–H groups in total. The monoisotopic (exact) mass is 474 g/mol. The molecule has 1 aromatic heterocycles. The molecule has 0 fully saturated rings. The number of rotatable bonds is 6. The van der Waals surface area contributed by atoms with Gasteiger partial charge in [-0.05, 0) is 43.7 Å². The SMILES string of the molecule is CCOC(=O)c1c(NC(=O)C(=O)NN=Cc2cc([N+](=O)[O-])ccc2O)sc2c1CCC(C)C2. The second-order valence-corrected chi connectivity index (χ2v) is 8.54. The lowest BCUT2D eigenvalue weighted by molar-refractivity contribution is -0.384. The molecule has 0 radical (unpaired) electrons. The lowest BCUT2D eigenvalue weighted by Gasteiger charge is -2.18. The van der Waals surface area contributed by atoms with Crippen molar-refractivity contribution in [1.82, 2.24) is 5.43 Å². The first-order valence-electron chi connectivity index (χ1n) is 10.1. The number of benzene rings is 1. The van der Waals surface area contributed by atoms with Crippen molar-refractivity contribution < 1.29 is 29.2 Å². The number of nitrogens with zero attached hydrogens (tertiary/aromatic N) is 2. The molecule has 3 rings (SSSR count). The van der Waals surface area contributed by atoms with Crippen molar-refractivity contribution >= 4 is 46.0 Å². The minimum absolute atomic E-state index is 0.0189. The van der Waals surface area contributed by atoms with Gasteiger partial charge in [-0.25, -0.2) is 10.2 Å². The number of amides is 2. The van der Waals surface area contributed by atoms with E-state index in [2.05, 4.69) is 17.3 Å². The number of aromatic hydroxyl groups is 1. The Kier molecular flexibility index (Phi) is 7.38. The lowest BCUT2D eigenvalue weighted by atomic mass is 9.88. The number of carbonyl (C=O) groups is 3. The van der Waals surface area contributed by atoms with Gasteiger partial charge >= 0.3 is 17.8 Å². The van der Waals surface area contributed by atoms with Gasteiger partial charge in [-0.15, -0.1) is 11.3 Å². The molecule has 1 heterocycles. The Balaban J connectivity index is 1.73. The normalized spacial score (nSPS) is 15.0. The third-order valence-electron chi connectivity index (χ3n) is 5.02. The minimum atomic E-state index is -1.12. The van der Waals surface area contributed by atoms with Gasteiger partial charge in [0.15, 0.2) is 0 Å². The van der Waals surface area contributed by atoms with E-state index in [0.717, 1.165) is 47.7 Å². The van der Waals surface area contributed by atoms with Crippen molar-refractivity contribution in [3.8, 4) is 5.75 Å². The van der Waals surface area contributed by atoms with Crippen LogP contribution in [0.15, 0.2) is 23.3 Å². The predicted octanol–water partition coefficient (Wildman–Crippen LogP) is 2.75. The molecule has 2 amide bonds. The number of nitrogens with one attached hydrogen (secondary N) is 2. The number of phenols is 1. The first-order valence-corrected chi connectivity index (χ1v) is 11.0. The Morgan fingerprint density at radius 1 is 1.36 bits per heavy atom. The number of esters is 1. The molecular weight excluding hydrogens is 452 g/mol. The molecule has 2 aromatic rings. The van der Waals surface area contributed by atoms with E-state index in [0.29, 0.717) is 12.3 Å². The van der Waals surface area contributed by atoms with Crippen LogP contribution in [0.5, 0.6) is 5.75 Å². The number of carbonyl (C=O) groups excluding carboxylic acids is 3. The Morgan fingerprint density at radius 3 is 2.82 bits per heavy atom. The molecule has 1 aromatic carbocycles. The Bertz CT molecular complexity index is 1140. The minimum Gasteiger partial charge on any atom is -0.507 e. The van der Waals surface area contributed by atoms with E-state index in [9.17, 15) is 29.6 Å². The molecule has 12 heteroatoms. The van der Waals surface area contributed by atoms with Gasteiger partial charge in [0.2, 0.25) is 0 Å². The Morgan fingerprint density at radius 2 is 2.12 bits per heavy atom. The van der Waals surface area contributed by atoms with Crippen molar-refractivity contribution in [2.75, 3.05) is 11.9 Å². The van der Waals surface area contributed by atoms with Crippen LogP contribution in [0.25, 0.3) is 0 Å². The molecule has 1 unspecified atom stereocenters. The molecule has 0 aliphatic heterocycles. The van der Waals surface area contributed by atoms with Gasteiger partial charge < -0.3 is 15.2 Å². The number of non-ortho nitro benzene ring substituents is 1. The Labute approximate surface area is 192 Å². The summed E-state index contributed by atoms with van der Waals surface area (Å²) in [6, 6.07) is 3.29. The number of hydrazone groups is 1. The zero-order valence-corrected chi connectivity index (χ0v) is 18.7. The number of hydrogen-bond donors (Lipinski definition) is 3. The zero-order valence-electron chi connectivity index (χ0n) is 17.9. The van der Waals surface area contributed by atoms with Crippen LogP contribution in [-0.2, 0) is 27.2 Å². The van der Waals surface area contributed by atoms with Crippen LogP contribution in [-0.4, -0.2) is 40.6 Å². The van der Waals surface area contributed by atoms with Gasteiger partial charge in [0.25, 0.3) is 5.69 Å². The highest BCUT2D eigenvalue weighted by Gasteiger charge is 2.30. The van der Waals surface area contributed by atoms with Gasteiger partial charge in [-0.2, -0.15) is 5.10 Å². The summed E-state index contributed by atoms with van der Waals surface area (Å²) in [6.07, 6.45) is 3.33. The van der Waals surface area contributed by atoms with E-state index in [1.807, 2.05) is 5.43 Å². The molecule has 0 saturated heterocycles. The largest absolute Gasteiger partial charge is 0.507 e. The summed E-state index contributed by atoms with van der Waals surface area (Å²) in [5.74, 6) is -2.57. The summed E-state index contributed by atoms with van der Waals surface area (Å²) >= 11 is 1.24. The van der Waals surface area contributed by atoms with Gasteiger partial charge in [0.05, 0.1) is 23.3 Å². The highest BCUT2D eigenvalue weighted by atomic mass is 32.1. The number of fused-ring (bicyclic) bond motifs is 1. The molecule has 0 bridgehead atoms. The third-order valence-corrected chi connectivity index (χ3v) is 6.19. The molecular formula is C21H22N4O7S. The van der Waals surface area contributed by atoms with Crippen molar-refractivity contribution in [2.45, 2.75) is 33.1 Å². The zero-order chi connectivity index (χ0) is 24.1. The van der Waals surface area contributed by atoms with E-state index in [4.69, 9.17) is 4.74 Å². The quantitative estimate of drug-likeness (QED) is 0.191. The average molecular weight is 474 g/mol. The molecule has 0 saturated carbocycles. The van der Waals surface area contributed by atoms with Crippen molar-refractivity contribution in [3.63, 3.8) is 0 Å². The van der Waals surface area contributed by atoms with Crippen molar-refractivity contribution in [1.29, 1.82) is 0 Å². The molecule has 1 aliphatic rings. The van der Waals surface area contributed by atoms with Gasteiger partial charge in [-0.3, -0.25) is 19.7 Å². The van der Waals surface area contributed by atoms with E-state index in [1.54, 1.807) is 6.92 Å². The van der Waals surface area contributed by atoms with Crippen molar-refractivity contribution in [2.24, 2.45) is 11.0 Å².